The zero-order valence-corrected chi connectivity index (χ0v) is 14.4. The van der Waals surface area contributed by atoms with Crippen LogP contribution in [0, 0.1) is 5.92 Å². The highest BCUT2D eigenvalue weighted by molar-refractivity contribution is 6.30. The molecule has 0 saturated carbocycles. The predicted octanol–water partition coefficient (Wildman–Crippen LogP) is 4.50. The van der Waals surface area contributed by atoms with Crippen LogP contribution in [0.15, 0.2) is 24.3 Å². The molecule has 1 aliphatic rings. The quantitative estimate of drug-likeness (QED) is 0.832. The number of hydrogen-bond donors (Lipinski definition) is 1. The van der Waals surface area contributed by atoms with Crippen LogP contribution in [0.2, 0.25) is 5.02 Å². The van der Waals surface area contributed by atoms with Gasteiger partial charge in [0.1, 0.15) is 0 Å². The summed E-state index contributed by atoms with van der Waals surface area (Å²) in [4.78, 5) is 2.60. The zero-order chi connectivity index (χ0) is 15.2. The second-order valence-corrected chi connectivity index (χ2v) is 6.85. The van der Waals surface area contributed by atoms with Crippen LogP contribution in [0.5, 0.6) is 0 Å². The number of halogens is 1. The van der Waals surface area contributed by atoms with Crippen LogP contribution >= 0.6 is 11.6 Å². The number of benzene rings is 1. The van der Waals surface area contributed by atoms with E-state index in [4.69, 9.17) is 11.6 Å². The Balaban J connectivity index is 1.83. The molecule has 1 N–H and O–H groups in total. The molecule has 1 aliphatic heterocycles. The third-order valence-electron chi connectivity index (χ3n) is 4.74. The molecule has 0 bridgehead atoms. The molecule has 118 valence electrons. The molecule has 1 aromatic carbocycles. The summed E-state index contributed by atoms with van der Waals surface area (Å²) in [5.74, 6) is 0.791. The van der Waals surface area contributed by atoms with Gasteiger partial charge in [0.15, 0.2) is 0 Å². The first-order valence-electron chi connectivity index (χ1n) is 8.34. The number of rotatable bonds is 6. The van der Waals surface area contributed by atoms with Gasteiger partial charge in [0, 0.05) is 17.1 Å². The highest BCUT2D eigenvalue weighted by atomic mass is 35.5. The standard InChI is InChI=1S/C18H29ClN2/c1-4-10-21-11-8-16(9-12-21)14(2)20-15(3)17-6-5-7-18(19)13-17/h5-7,13-16,20H,4,8-12H2,1-3H3/t14?,15-/m1/s1. The van der Waals surface area contributed by atoms with E-state index in [-0.39, 0.29) is 0 Å². The highest BCUT2D eigenvalue weighted by Crippen LogP contribution is 2.24. The predicted molar refractivity (Wildman–Crippen MR) is 91.9 cm³/mol. The van der Waals surface area contributed by atoms with Crippen LogP contribution < -0.4 is 5.32 Å². The molecule has 21 heavy (non-hydrogen) atoms. The molecule has 0 radical (unpaired) electrons. The maximum atomic E-state index is 6.09. The Morgan fingerprint density at radius 3 is 2.62 bits per heavy atom. The van der Waals surface area contributed by atoms with Crippen molar-refractivity contribution in [2.75, 3.05) is 19.6 Å². The van der Waals surface area contributed by atoms with Crippen molar-refractivity contribution in [3.05, 3.63) is 34.9 Å². The summed E-state index contributed by atoms with van der Waals surface area (Å²) in [6.45, 7) is 10.6. The summed E-state index contributed by atoms with van der Waals surface area (Å²) in [6, 6.07) is 9.10. The molecular weight excluding hydrogens is 280 g/mol. The maximum absolute atomic E-state index is 6.09. The fraction of sp³-hybridized carbons (Fsp3) is 0.667. The third-order valence-corrected chi connectivity index (χ3v) is 4.98. The Hall–Kier alpha value is -0.570. The highest BCUT2D eigenvalue weighted by Gasteiger charge is 2.24. The summed E-state index contributed by atoms with van der Waals surface area (Å²) in [5.41, 5.74) is 1.28. The Labute approximate surface area is 134 Å². The average molecular weight is 309 g/mol. The van der Waals surface area contributed by atoms with Gasteiger partial charge in [-0.1, -0.05) is 30.7 Å². The molecular formula is C18H29ClN2. The third kappa shape index (κ3) is 4.98. The van der Waals surface area contributed by atoms with Crippen LogP contribution in [0.3, 0.4) is 0 Å². The van der Waals surface area contributed by atoms with Crippen LogP contribution in [-0.4, -0.2) is 30.6 Å². The van der Waals surface area contributed by atoms with Gasteiger partial charge in [-0.05, 0) is 76.4 Å². The molecule has 2 nitrogen and oxygen atoms in total. The molecule has 1 saturated heterocycles. The van der Waals surface area contributed by atoms with E-state index < -0.39 is 0 Å². The molecule has 0 spiro atoms. The van der Waals surface area contributed by atoms with Gasteiger partial charge in [-0.2, -0.15) is 0 Å². The molecule has 2 atom stereocenters. The summed E-state index contributed by atoms with van der Waals surface area (Å²) in [7, 11) is 0. The van der Waals surface area contributed by atoms with Gasteiger partial charge in [0.05, 0.1) is 0 Å². The first-order chi connectivity index (χ1) is 10.1. The average Bonchev–Trinajstić information content (AvgIpc) is 2.48. The first kappa shape index (κ1) is 16.8. The van der Waals surface area contributed by atoms with Crippen LogP contribution in [0.4, 0.5) is 0 Å². The lowest BCUT2D eigenvalue weighted by molar-refractivity contribution is 0.159. The van der Waals surface area contributed by atoms with E-state index in [1.54, 1.807) is 0 Å². The van der Waals surface area contributed by atoms with Gasteiger partial charge in [0.25, 0.3) is 0 Å². The fourth-order valence-electron chi connectivity index (χ4n) is 3.40. The lowest BCUT2D eigenvalue weighted by Crippen LogP contribution is -2.42. The van der Waals surface area contributed by atoms with Gasteiger partial charge >= 0.3 is 0 Å². The van der Waals surface area contributed by atoms with Crippen molar-refractivity contribution in [1.29, 1.82) is 0 Å². The number of likely N-dealkylation sites (tertiary alicyclic amines) is 1. The molecule has 0 amide bonds. The topological polar surface area (TPSA) is 15.3 Å². The Morgan fingerprint density at radius 1 is 1.29 bits per heavy atom. The molecule has 0 aromatic heterocycles. The minimum absolute atomic E-state index is 0.354. The maximum Gasteiger partial charge on any atom is 0.0409 e. The van der Waals surface area contributed by atoms with Gasteiger partial charge in [-0.15, -0.1) is 0 Å². The SMILES string of the molecule is CCCN1CCC(C(C)N[C@H](C)c2cccc(Cl)c2)CC1. The number of hydrogen-bond acceptors (Lipinski definition) is 2. The molecule has 2 rings (SSSR count). The minimum atomic E-state index is 0.354. The van der Waals surface area contributed by atoms with Crippen molar-refractivity contribution in [2.24, 2.45) is 5.92 Å². The van der Waals surface area contributed by atoms with E-state index in [0.29, 0.717) is 12.1 Å². The first-order valence-corrected chi connectivity index (χ1v) is 8.71. The summed E-state index contributed by atoms with van der Waals surface area (Å²) in [5, 5.41) is 4.58. The van der Waals surface area contributed by atoms with E-state index >= 15 is 0 Å². The number of piperidine rings is 1. The number of nitrogens with one attached hydrogen (secondary N) is 1. The number of nitrogens with zero attached hydrogens (tertiary/aromatic N) is 1. The largest absolute Gasteiger partial charge is 0.307 e. The van der Waals surface area contributed by atoms with Gasteiger partial charge in [0.2, 0.25) is 0 Å². The molecule has 0 aliphatic carbocycles. The van der Waals surface area contributed by atoms with Gasteiger partial charge in [-0.3, -0.25) is 0 Å². The Morgan fingerprint density at radius 2 is 2.00 bits per heavy atom. The van der Waals surface area contributed by atoms with E-state index in [1.807, 2.05) is 12.1 Å². The summed E-state index contributed by atoms with van der Waals surface area (Å²) in [6.07, 6.45) is 3.90. The smallest absolute Gasteiger partial charge is 0.0409 e. The molecule has 1 fully saturated rings. The minimum Gasteiger partial charge on any atom is -0.307 e. The second kappa shape index (κ2) is 8.17. The zero-order valence-electron chi connectivity index (χ0n) is 13.6. The molecule has 1 aromatic rings. The Bertz CT molecular complexity index is 427. The summed E-state index contributed by atoms with van der Waals surface area (Å²) < 4.78 is 0. The van der Waals surface area contributed by atoms with Gasteiger partial charge in [-0.25, -0.2) is 0 Å². The monoisotopic (exact) mass is 308 g/mol. The normalized spacial score (nSPS) is 20.4. The van der Waals surface area contributed by atoms with Crippen LogP contribution in [0.1, 0.15) is 51.6 Å². The Kier molecular flexibility index (Phi) is 6.53. The molecule has 1 unspecified atom stereocenters. The molecule has 1 heterocycles. The van der Waals surface area contributed by atoms with Crippen molar-refractivity contribution in [2.45, 2.75) is 52.1 Å². The fourth-order valence-corrected chi connectivity index (χ4v) is 3.59. The lowest BCUT2D eigenvalue weighted by Gasteiger charge is -2.36. The van der Waals surface area contributed by atoms with E-state index in [1.165, 1.54) is 44.5 Å². The van der Waals surface area contributed by atoms with E-state index in [9.17, 15) is 0 Å². The van der Waals surface area contributed by atoms with Crippen molar-refractivity contribution in [3.8, 4) is 0 Å². The molecule has 3 heteroatoms. The second-order valence-electron chi connectivity index (χ2n) is 6.41. The van der Waals surface area contributed by atoms with Crippen LogP contribution in [-0.2, 0) is 0 Å². The van der Waals surface area contributed by atoms with Crippen molar-refractivity contribution in [1.82, 2.24) is 10.2 Å². The van der Waals surface area contributed by atoms with E-state index in [0.717, 1.165) is 10.9 Å². The van der Waals surface area contributed by atoms with Crippen molar-refractivity contribution in [3.63, 3.8) is 0 Å². The van der Waals surface area contributed by atoms with Gasteiger partial charge < -0.3 is 10.2 Å². The summed E-state index contributed by atoms with van der Waals surface area (Å²) >= 11 is 6.09. The van der Waals surface area contributed by atoms with Crippen LogP contribution in [0.25, 0.3) is 0 Å². The van der Waals surface area contributed by atoms with E-state index in [2.05, 4.69) is 43.1 Å². The van der Waals surface area contributed by atoms with Crippen molar-refractivity contribution >= 4 is 11.6 Å². The lowest BCUT2D eigenvalue weighted by atomic mass is 9.89. The van der Waals surface area contributed by atoms with Crippen molar-refractivity contribution < 1.29 is 0 Å².